The van der Waals surface area contributed by atoms with Crippen molar-refractivity contribution in [1.82, 2.24) is 0 Å². The van der Waals surface area contributed by atoms with Crippen LogP contribution in [-0.4, -0.2) is 12.7 Å². The number of nitrogens with two attached hydrogens (primary N) is 2. The minimum Gasteiger partial charge on any atom is -0.494 e. The first-order valence-corrected chi connectivity index (χ1v) is 7.68. The smallest absolute Gasteiger partial charge is 0.119 e. The lowest BCUT2D eigenvalue weighted by atomic mass is 10.1. The van der Waals surface area contributed by atoms with Gasteiger partial charge in [0, 0.05) is 11.4 Å². The zero-order valence-corrected chi connectivity index (χ0v) is 13.0. The van der Waals surface area contributed by atoms with E-state index < -0.39 is 0 Å². The number of benzene rings is 2. The molecule has 2 rings (SSSR count). The molecule has 4 N–H and O–H groups in total. The molecule has 0 aliphatic carbocycles. The first-order valence-electron chi connectivity index (χ1n) is 7.68. The summed E-state index contributed by atoms with van der Waals surface area (Å²) in [7, 11) is 0. The van der Waals surface area contributed by atoms with E-state index in [4.69, 9.17) is 20.9 Å². The quantitative estimate of drug-likeness (QED) is 0.573. The summed E-state index contributed by atoms with van der Waals surface area (Å²) < 4.78 is 11.7. The van der Waals surface area contributed by atoms with E-state index in [1.54, 1.807) is 0 Å². The maximum absolute atomic E-state index is 5.96. The van der Waals surface area contributed by atoms with Crippen LogP contribution in [0.25, 0.3) is 0 Å². The highest BCUT2D eigenvalue weighted by Gasteiger charge is 2.08. The van der Waals surface area contributed by atoms with Gasteiger partial charge in [0.15, 0.2) is 0 Å². The van der Waals surface area contributed by atoms with Crippen LogP contribution in [-0.2, 0) is 0 Å². The van der Waals surface area contributed by atoms with Crippen molar-refractivity contribution in [2.75, 3.05) is 18.1 Å². The molecule has 0 bridgehead atoms. The monoisotopic (exact) mass is 300 g/mol. The van der Waals surface area contributed by atoms with Crippen molar-refractivity contribution < 1.29 is 9.47 Å². The zero-order chi connectivity index (χ0) is 15.8. The Morgan fingerprint density at radius 1 is 0.864 bits per heavy atom. The van der Waals surface area contributed by atoms with E-state index in [1.807, 2.05) is 48.5 Å². The van der Waals surface area contributed by atoms with E-state index in [9.17, 15) is 0 Å². The maximum atomic E-state index is 5.96. The highest BCUT2D eigenvalue weighted by atomic mass is 16.5. The fourth-order valence-electron chi connectivity index (χ4n) is 2.15. The molecule has 4 heteroatoms. The van der Waals surface area contributed by atoms with E-state index in [1.165, 1.54) is 0 Å². The van der Waals surface area contributed by atoms with Gasteiger partial charge < -0.3 is 20.9 Å². The van der Waals surface area contributed by atoms with Gasteiger partial charge >= 0.3 is 0 Å². The number of nitrogen functional groups attached to an aromatic ring is 2. The summed E-state index contributed by atoms with van der Waals surface area (Å²) in [6.45, 7) is 2.80. The summed E-state index contributed by atoms with van der Waals surface area (Å²) in [5.41, 5.74) is 12.8. The van der Waals surface area contributed by atoms with Gasteiger partial charge in [0.25, 0.3) is 0 Å². The van der Waals surface area contributed by atoms with Crippen molar-refractivity contribution in [3.8, 4) is 11.5 Å². The van der Waals surface area contributed by atoms with Gasteiger partial charge in [-0.1, -0.05) is 6.92 Å². The molecular weight excluding hydrogens is 276 g/mol. The molecule has 0 radical (unpaired) electrons. The van der Waals surface area contributed by atoms with E-state index in [-0.39, 0.29) is 6.10 Å². The maximum Gasteiger partial charge on any atom is 0.119 e. The Morgan fingerprint density at radius 3 is 1.95 bits per heavy atom. The van der Waals surface area contributed by atoms with Crippen molar-refractivity contribution in [2.24, 2.45) is 0 Å². The van der Waals surface area contributed by atoms with Crippen LogP contribution in [0.5, 0.6) is 11.5 Å². The fourth-order valence-corrected chi connectivity index (χ4v) is 2.15. The van der Waals surface area contributed by atoms with Crippen molar-refractivity contribution >= 4 is 11.4 Å². The molecule has 1 unspecified atom stereocenters. The van der Waals surface area contributed by atoms with Crippen molar-refractivity contribution in [1.29, 1.82) is 0 Å². The molecule has 4 nitrogen and oxygen atoms in total. The Hall–Kier alpha value is -2.36. The van der Waals surface area contributed by atoms with Crippen LogP contribution in [0.4, 0.5) is 11.4 Å². The summed E-state index contributed by atoms with van der Waals surface area (Å²) in [6, 6.07) is 15.0. The summed E-state index contributed by atoms with van der Waals surface area (Å²) in [5, 5.41) is 0. The van der Waals surface area contributed by atoms with Crippen molar-refractivity contribution in [2.45, 2.75) is 32.3 Å². The topological polar surface area (TPSA) is 70.5 Å². The van der Waals surface area contributed by atoms with Gasteiger partial charge in [0.2, 0.25) is 0 Å². The molecule has 0 saturated carbocycles. The number of hydrogen-bond acceptors (Lipinski definition) is 4. The molecule has 2 aromatic rings. The number of anilines is 2. The molecule has 2 aromatic carbocycles. The Kier molecular flexibility index (Phi) is 5.95. The fraction of sp³-hybridized carbons (Fsp3) is 0.333. The van der Waals surface area contributed by atoms with Gasteiger partial charge in [0.05, 0.1) is 12.7 Å². The van der Waals surface area contributed by atoms with Crippen LogP contribution in [0.15, 0.2) is 48.5 Å². The zero-order valence-electron chi connectivity index (χ0n) is 13.0. The minimum atomic E-state index is 0.193. The van der Waals surface area contributed by atoms with Gasteiger partial charge in [-0.05, 0) is 67.8 Å². The van der Waals surface area contributed by atoms with Crippen LogP contribution < -0.4 is 20.9 Å². The molecule has 0 amide bonds. The first-order chi connectivity index (χ1) is 10.7. The summed E-state index contributed by atoms with van der Waals surface area (Å²) >= 11 is 0. The van der Waals surface area contributed by atoms with Gasteiger partial charge in [-0.3, -0.25) is 0 Å². The summed E-state index contributed by atoms with van der Waals surface area (Å²) in [6.07, 6.45) is 3.05. The predicted octanol–water partition coefficient (Wildman–Crippen LogP) is 3.87. The van der Waals surface area contributed by atoms with Crippen LogP contribution in [0.2, 0.25) is 0 Å². The van der Waals surface area contributed by atoms with Gasteiger partial charge in [-0.15, -0.1) is 0 Å². The Balaban J connectivity index is 1.71. The standard InChI is InChI=1S/C18H24N2O2/c1-2-16(22-18-11-7-15(20)8-12-18)4-3-13-21-17-9-5-14(19)6-10-17/h5-12,16H,2-4,13,19-20H2,1H3. The number of rotatable bonds is 8. The first kappa shape index (κ1) is 16.0. The molecule has 0 aliphatic rings. The highest BCUT2D eigenvalue weighted by Crippen LogP contribution is 2.18. The molecule has 0 aromatic heterocycles. The number of ether oxygens (including phenoxy) is 2. The summed E-state index contributed by atoms with van der Waals surface area (Å²) in [5.74, 6) is 1.71. The molecule has 0 aliphatic heterocycles. The molecule has 22 heavy (non-hydrogen) atoms. The lowest BCUT2D eigenvalue weighted by Crippen LogP contribution is -2.16. The Labute approximate surface area is 132 Å². The van der Waals surface area contributed by atoms with Gasteiger partial charge in [0.1, 0.15) is 11.5 Å². The molecule has 0 saturated heterocycles. The largest absolute Gasteiger partial charge is 0.494 e. The minimum absolute atomic E-state index is 0.193. The molecule has 0 heterocycles. The lowest BCUT2D eigenvalue weighted by Gasteiger charge is -2.17. The van der Waals surface area contributed by atoms with Crippen LogP contribution in [0.1, 0.15) is 26.2 Å². The SMILES string of the molecule is CCC(CCCOc1ccc(N)cc1)Oc1ccc(N)cc1. The van der Waals surface area contributed by atoms with Gasteiger partial charge in [-0.25, -0.2) is 0 Å². The van der Waals surface area contributed by atoms with Gasteiger partial charge in [-0.2, -0.15) is 0 Å². The van der Waals surface area contributed by atoms with E-state index >= 15 is 0 Å². The third-order valence-corrected chi connectivity index (χ3v) is 3.46. The normalized spacial score (nSPS) is 11.9. The third kappa shape index (κ3) is 5.20. The van der Waals surface area contributed by atoms with E-state index in [0.717, 1.165) is 42.1 Å². The van der Waals surface area contributed by atoms with Crippen molar-refractivity contribution in [3.63, 3.8) is 0 Å². The Bertz CT molecular complexity index is 552. The van der Waals surface area contributed by atoms with Crippen molar-refractivity contribution in [3.05, 3.63) is 48.5 Å². The molecule has 118 valence electrons. The highest BCUT2D eigenvalue weighted by molar-refractivity contribution is 5.42. The molecule has 0 fully saturated rings. The molecule has 0 spiro atoms. The molecular formula is C18H24N2O2. The second-order valence-corrected chi connectivity index (χ2v) is 5.28. The predicted molar refractivity (Wildman–Crippen MR) is 91.1 cm³/mol. The second kappa shape index (κ2) is 8.17. The molecule has 1 atom stereocenters. The van der Waals surface area contributed by atoms with E-state index in [2.05, 4.69) is 6.92 Å². The van der Waals surface area contributed by atoms with Crippen LogP contribution in [0.3, 0.4) is 0 Å². The lowest BCUT2D eigenvalue weighted by molar-refractivity contribution is 0.172. The average Bonchev–Trinajstić information content (AvgIpc) is 2.54. The van der Waals surface area contributed by atoms with E-state index in [0.29, 0.717) is 6.61 Å². The summed E-state index contributed by atoms with van der Waals surface area (Å²) in [4.78, 5) is 0. The third-order valence-electron chi connectivity index (χ3n) is 3.46. The van der Waals surface area contributed by atoms with Crippen LogP contribution >= 0.6 is 0 Å². The van der Waals surface area contributed by atoms with Crippen LogP contribution in [0, 0.1) is 0 Å². The Morgan fingerprint density at radius 2 is 1.41 bits per heavy atom. The number of hydrogen-bond donors (Lipinski definition) is 2. The average molecular weight is 300 g/mol. The second-order valence-electron chi connectivity index (χ2n) is 5.28.